The summed E-state index contributed by atoms with van der Waals surface area (Å²) in [7, 11) is 9.10. The number of carbonyl (C=O) groups excluding carboxylic acids is 7. The quantitative estimate of drug-likeness (QED) is 0.0812. The van der Waals surface area contributed by atoms with Crippen molar-refractivity contribution in [2.45, 2.75) is 152 Å². The molecule has 3 fully saturated rings. The Balaban J connectivity index is 1.29. The molecule has 0 spiro atoms. The fraction of sp³-hybridized carbons (Fsp3) is 0.638. The van der Waals surface area contributed by atoms with Crippen LogP contribution in [0.5, 0.6) is 5.75 Å². The summed E-state index contributed by atoms with van der Waals surface area (Å²) in [5.41, 5.74) is -2.36. The second-order valence-electron chi connectivity index (χ2n) is 18.6. The third kappa shape index (κ3) is 13.1. The van der Waals surface area contributed by atoms with Gasteiger partial charge in [0.15, 0.2) is 5.72 Å². The van der Waals surface area contributed by atoms with E-state index in [1.807, 2.05) is 26.8 Å². The third-order valence-corrected chi connectivity index (χ3v) is 16.5. The fourth-order valence-electron chi connectivity index (χ4n) is 8.66. The zero-order valence-corrected chi connectivity index (χ0v) is 42.8. The fourth-order valence-corrected chi connectivity index (χ4v) is 12.1. The van der Waals surface area contributed by atoms with E-state index in [0.29, 0.717) is 41.5 Å². The van der Waals surface area contributed by atoms with E-state index in [-0.39, 0.29) is 67.0 Å². The standard InChI is InChI=1S/C47H65ClN4O14S2/c1-27(2)33(68-67-20-12-15-41(57)65-52-38(54)18-19-39(52)55)16-17-37(53)50(7)29(4)43(58)63-35-24-40(56)51(8)31-22-30(23-32(61-9)42(31)48)21-28(3)13-11-14-34(62-10)47(60)25-36(64-44(59)49-47)46(6)26-45(35,5)66-46/h11,13-14,22-23,27,29,33-36,60H,12,15-21,24-26H2,1-10H3,(H,49,59)/b14-11+,28-13+/t29-,33?,34+,35-,36?,45+,46?,47-/m0/s1. The predicted octanol–water partition coefficient (Wildman–Crippen LogP) is 6.23. The minimum atomic E-state index is -1.89. The normalized spacial score (nSPS) is 28.7. The number of alkyl carbamates (subject to hydrolysis) is 1. The Labute approximate surface area is 410 Å². The van der Waals surface area contributed by atoms with Crippen molar-refractivity contribution in [3.05, 3.63) is 46.5 Å². The zero-order chi connectivity index (χ0) is 50.3. The molecular formula is C47H65ClN4O14S2. The van der Waals surface area contributed by atoms with Crippen LogP contribution in [0.1, 0.15) is 105 Å². The molecule has 376 valence electrons. The molecule has 6 bridgehead atoms. The number of ether oxygens (including phenoxy) is 5. The number of benzene rings is 1. The van der Waals surface area contributed by atoms with Crippen LogP contribution in [-0.2, 0) is 59.0 Å². The third-order valence-electron chi connectivity index (χ3n) is 12.8. The lowest BCUT2D eigenvalue weighted by Gasteiger charge is -2.59. The molecule has 2 N–H and O–H groups in total. The number of likely N-dealkylation sites (N-methyl/N-ethyl adjacent to an activating group) is 1. The first-order valence-corrected chi connectivity index (χ1v) is 25.4. The number of anilines is 1. The number of hydrogen-bond donors (Lipinski definition) is 2. The van der Waals surface area contributed by atoms with Gasteiger partial charge in [0.25, 0.3) is 11.8 Å². The molecule has 21 heteroatoms. The first-order chi connectivity index (χ1) is 31.9. The number of imide groups is 1. The number of halogens is 1. The predicted molar refractivity (Wildman–Crippen MR) is 255 cm³/mol. The Bertz CT molecular complexity index is 2130. The van der Waals surface area contributed by atoms with Crippen LogP contribution < -0.4 is 15.0 Å². The van der Waals surface area contributed by atoms with E-state index in [2.05, 4.69) is 5.32 Å². The smallest absolute Gasteiger partial charge is 0.409 e. The van der Waals surface area contributed by atoms with Gasteiger partial charge in [-0.25, -0.2) is 14.4 Å². The number of nitrogens with zero attached hydrogens (tertiary/aromatic N) is 3. The van der Waals surface area contributed by atoms with Crippen LogP contribution in [0.2, 0.25) is 5.02 Å². The molecule has 3 unspecified atom stereocenters. The molecule has 5 aliphatic heterocycles. The summed E-state index contributed by atoms with van der Waals surface area (Å²) in [6.07, 6.45) is 2.36. The highest BCUT2D eigenvalue weighted by Gasteiger charge is 2.63. The van der Waals surface area contributed by atoms with Gasteiger partial charge in [0.05, 0.1) is 19.2 Å². The number of hydroxylamine groups is 2. The molecule has 1 aromatic rings. The second-order valence-corrected chi connectivity index (χ2v) is 21.7. The van der Waals surface area contributed by atoms with Crippen molar-refractivity contribution < 1.29 is 67.2 Å². The summed E-state index contributed by atoms with van der Waals surface area (Å²) in [5.74, 6) is -2.13. The van der Waals surface area contributed by atoms with Gasteiger partial charge in [-0.15, -0.1) is 5.06 Å². The summed E-state index contributed by atoms with van der Waals surface area (Å²) in [5, 5.41) is 15.2. The number of rotatable bonds is 16. The topological polar surface area (TPSA) is 217 Å². The molecule has 3 saturated heterocycles. The number of carbonyl (C=O) groups is 7. The summed E-state index contributed by atoms with van der Waals surface area (Å²) < 4.78 is 29.7. The van der Waals surface area contributed by atoms with E-state index in [1.165, 1.54) is 31.1 Å². The van der Waals surface area contributed by atoms with Crippen LogP contribution in [0.25, 0.3) is 0 Å². The van der Waals surface area contributed by atoms with Crippen LogP contribution in [0.4, 0.5) is 10.5 Å². The summed E-state index contributed by atoms with van der Waals surface area (Å²) in [4.78, 5) is 98.4. The van der Waals surface area contributed by atoms with Gasteiger partial charge in [-0.3, -0.25) is 24.5 Å². The maximum Gasteiger partial charge on any atom is 0.409 e. The number of fused-ring (bicyclic) bond motifs is 6. The molecule has 0 aliphatic carbocycles. The van der Waals surface area contributed by atoms with E-state index in [9.17, 15) is 38.7 Å². The maximum atomic E-state index is 14.3. The molecule has 5 aliphatic rings. The van der Waals surface area contributed by atoms with Crippen LogP contribution in [-0.4, -0.2) is 137 Å². The van der Waals surface area contributed by atoms with Crippen molar-refractivity contribution in [3.8, 4) is 5.75 Å². The molecule has 8 atom stereocenters. The molecular weight excluding hydrogens is 944 g/mol. The monoisotopic (exact) mass is 1010 g/mol. The van der Waals surface area contributed by atoms with Crippen LogP contribution in [0.15, 0.2) is 35.9 Å². The maximum absolute atomic E-state index is 14.3. The van der Waals surface area contributed by atoms with Crippen molar-refractivity contribution in [3.63, 3.8) is 0 Å². The van der Waals surface area contributed by atoms with E-state index in [0.717, 1.165) is 11.1 Å². The number of aliphatic hydroxyl groups is 1. The first-order valence-electron chi connectivity index (χ1n) is 22.7. The van der Waals surface area contributed by atoms with Crippen molar-refractivity contribution in [2.24, 2.45) is 5.92 Å². The average Bonchev–Trinajstić information content (AvgIpc) is 3.58. The van der Waals surface area contributed by atoms with E-state index in [4.69, 9.17) is 40.1 Å². The van der Waals surface area contributed by atoms with Gasteiger partial charge < -0.3 is 43.4 Å². The second kappa shape index (κ2) is 23.1. The Kier molecular flexibility index (Phi) is 18.5. The number of amides is 5. The number of hydrogen-bond acceptors (Lipinski definition) is 16. The van der Waals surface area contributed by atoms with Gasteiger partial charge in [-0.05, 0) is 70.6 Å². The Morgan fingerprint density at radius 1 is 1.04 bits per heavy atom. The van der Waals surface area contributed by atoms with Gasteiger partial charge in [0.2, 0.25) is 11.8 Å². The molecule has 0 saturated carbocycles. The van der Waals surface area contributed by atoms with E-state index < -0.39 is 77.0 Å². The molecule has 1 aromatic carbocycles. The lowest BCUT2D eigenvalue weighted by molar-refractivity contribution is -0.328. The highest BCUT2D eigenvalue weighted by molar-refractivity contribution is 8.76. The van der Waals surface area contributed by atoms with Gasteiger partial charge in [0.1, 0.15) is 46.3 Å². The SMILES string of the molecule is COc1cc2cc(c1Cl)N(C)C(=O)C[C@H](OC(=O)[C@H](C)N(C)C(=O)CCC(SSCCCC(=O)ON1C(=O)CCC1=O)C(C)C)[C@@]1(C)CC(C)(O1)C1C[C@@](O)(NC(=O)O1)[C@H](OC)/C=C/C=C(\C)C2. The van der Waals surface area contributed by atoms with Crippen LogP contribution in [0, 0.1) is 5.92 Å². The lowest BCUT2D eigenvalue weighted by Crippen LogP contribution is -2.72. The van der Waals surface area contributed by atoms with Crippen molar-refractivity contribution >= 4 is 80.5 Å². The molecule has 18 nitrogen and oxygen atoms in total. The Morgan fingerprint density at radius 2 is 1.72 bits per heavy atom. The van der Waals surface area contributed by atoms with Crippen LogP contribution >= 0.6 is 33.2 Å². The number of esters is 1. The molecule has 5 amide bonds. The highest BCUT2D eigenvalue weighted by atomic mass is 35.5. The first kappa shape index (κ1) is 54.6. The van der Waals surface area contributed by atoms with Crippen LogP contribution in [0.3, 0.4) is 0 Å². The minimum Gasteiger partial charge on any atom is -0.495 e. The van der Waals surface area contributed by atoms with Gasteiger partial charge in [-0.2, -0.15) is 0 Å². The average molecular weight is 1010 g/mol. The van der Waals surface area contributed by atoms with Gasteiger partial charge in [-0.1, -0.05) is 70.8 Å². The number of methoxy groups -OCH3 is 2. The molecule has 68 heavy (non-hydrogen) atoms. The summed E-state index contributed by atoms with van der Waals surface area (Å²) in [6, 6.07) is 2.49. The molecule has 0 aromatic heterocycles. The Morgan fingerprint density at radius 3 is 2.35 bits per heavy atom. The highest BCUT2D eigenvalue weighted by Crippen LogP contribution is 2.50. The van der Waals surface area contributed by atoms with E-state index in [1.54, 1.807) is 73.7 Å². The Hall–Kier alpha value is -4.34. The molecule has 5 heterocycles. The van der Waals surface area contributed by atoms with E-state index >= 15 is 0 Å². The molecule has 6 rings (SSSR count). The van der Waals surface area contributed by atoms with Gasteiger partial charge >= 0.3 is 18.0 Å². The number of nitrogens with one attached hydrogen (secondary N) is 1. The molecule has 0 radical (unpaired) electrons. The lowest BCUT2D eigenvalue weighted by atomic mass is 9.72. The summed E-state index contributed by atoms with van der Waals surface area (Å²) >= 11 is 6.81. The van der Waals surface area contributed by atoms with Crippen molar-refractivity contribution in [1.82, 2.24) is 15.3 Å². The zero-order valence-electron chi connectivity index (χ0n) is 40.4. The van der Waals surface area contributed by atoms with Gasteiger partial charge in [0, 0.05) is 70.7 Å². The van der Waals surface area contributed by atoms with Crippen molar-refractivity contribution in [2.75, 3.05) is 39.0 Å². The number of allylic oxidation sites excluding steroid dienone is 3. The summed E-state index contributed by atoms with van der Waals surface area (Å²) in [6.45, 7) is 10.9. The minimum absolute atomic E-state index is 0.0253. The largest absolute Gasteiger partial charge is 0.495 e. The van der Waals surface area contributed by atoms with Crippen molar-refractivity contribution in [1.29, 1.82) is 0 Å².